The van der Waals surface area contributed by atoms with Crippen molar-refractivity contribution in [3.63, 3.8) is 0 Å². The van der Waals surface area contributed by atoms with Crippen molar-refractivity contribution in [2.24, 2.45) is 0 Å². The predicted molar refractivity (Wildman–Crippen MR) is 143 cm³/mol. The lowest BCUT2D eigenvalue weighted by Crippen LogP contribution is -2.31. The Balaban J connectivity index is 1.90. The van der Waals surface area contributed by atoms with Crippen LogP contribution in [0.3, 0.4) is 0 Å². The summed E-state index contributed by atoms with van der Waals surface area (Å²) in [5.74, 6) is 3.16. The second-order valence-electron chi connectivity index (χ2n) is 9.26. The van der Waals surface area contributed by atoms with Gasteiger partial charge >= 0.3 is 5.69 Å². The largest absolute Gasteiger partial charge is 0.330 e. The topological polar surface area (TPSA) is 93.0 Å². The van der Waals surface area contributed by atoms with Gasteiger partial charge in [-0.1, -0.05) is 68.9 Å². The number of imidazole rings is 1. The molecule has 1 aromatic carbocycles. The number of H-pyrrole nitrogens is 1. The second-order valence-corrected chi connectivity index (χ2v) is 9.26. The third kappa shape index (κ3) is 6.54. The van der Waals surface area contributed by atoms with E-state index in [0.29, 0.717) is 43.0 Å². The summed E-state index contributed by atoms with van der Waals surface area (Å²) >= 11 is 0. The summed E-state index contributed by atoms with van der Waals surface area (Å²) in [6, 6.07) is 8.03. The molecule has 8 heteroatoms. The van der Waals surface area contributed by atoms with Crippen LogP contribution in [0, 0.1) is 19.3 Å². The summed E-state index contributed by atoms with van der Waals surface area (Å²) in [7, 11) is 0. The molecule has 0 radical (unpaired) electrons. The molecule has 0 bridgehead atoms. The zero-order valence-corrected chi connectivity index (χ0v) is 21.7. The van der Waals surface area contributed by atoms with E-state index in [9.17, 15) is 14.4 Å². The van der Waals surface area contributed by atoms with E-state index < -0.39 is 11.2 Å². The SMILES string of the molecule is C#CCN(Cc1ccc(C)cc1)C(=O)CCc1nc2c(c(=O)[nH]c(=O)n2CCCC)n1CCCCC. The molecule has 1 amide bonds. The lowest BCUT2D eigenvalue weighted by Gasteiger charge is -2.20. The van der Waals surface area contributed by atoms with Gasteiger partial charge in [0.05, 0.1) is 6.54 Å². The van der Waals surface area contributed by atoms with Crippen molar-refractivity contribution < 1.29 is 4.79 Å². The fraction of sp³-hybridized carbons (Fsp3) is 0.500. The number of rotatable bonds is 13. The Morgan fingerprint density at radius 2 is 1.75 bits per heavy atom. The molecule has 3 aromatic rings. The maximum Gasteiger partial charge on any atom is 0.330 e. The van der Waals surface area contributed by atoms with Gasteiger partial charge in [-0.25, -0.2) is 9.78 Å². The summed E-state index contributed by atoms with van der Waals surface area (Å²) in [5, 5.41) is 0. The molecule has 0 aliphatic heterocycles. The van der Waals surface area contributed by atoms with Gasteiger partial charge in [-0.2, -0.15) is 0 Å². The number of hydrogen-bond acceptors (Lipinski definition) is 4. The van der Waals surface area contributed by atoms with Crippen LogP contribution in [0.1, 0.15) is 69.3 Å². The average molecular weight is 492 g/mol. The molecule has 0 saturated carbocycles. The van der Waals surface area contributed by atoms with E-state index in [4.69, 9.17) is 11.4 Å². The first-order chi connectivity index (χ1) is 17.4. The first kappa shape index (κ1) is 27.0. The molecule has 2 aromatic heterocycles. The van der Waals surface area contributed by atoms with Crippen LogP contribution in [-0.2, 0) is 30.8 Å². The van der Waals surface area contributed by atoms with Crippen LogP contribution in [-0.4, -0.2) is 36.5 Å². The highest BCUT2D eigenvalue weighted by atomic mass is 16.2. The van der Waals surface area contributed by atoms with Crippen molar-refractivity contribution in [3.05, 3.63) is 62.1 Å². The summed E-state index contributed by atoms with van der Waals surface area (Å²) in [6.07, 6.45) is 10.8. The van der Waals surface area contributed by atoms with Gasteiger partial charge in [-0.15, -0.1) is 6.42 Å². The highest BCUT2D eigenvalue weighted by molar-refractivity contribution is 5.77. The first-order valence-electron chi connectivity index (χ1n) is 12.9. The molecule has 0 unspecified atom stereocenters. The van der Waals surface area contributed by atoms with Gasteiger partial charge in [-0.05, 0) is 25.3 Å². The zero-order chi connectivity index (χ0) is 26.1. The molecule has 0 saturated heterocycles. The van der Waals surface area contributed by atoms with E-state index in [1.165, 1.54) is 0 Å². The van der Waals surface area contributed by atoms with Crippen molar-refractivity contribution in [3.8, 4) is 12.3 Å². The number of benzene rings is 1. The van der Waals surface area contributed by atoms with E-state index in [2.05, 4.69) is 17.8 Å². The molecule has 8 nitrogen and oxygen atoms in total. The van der Waals surface area contributed by atoms with Gasteiger partial charge in [0.15, 0.2) is 11.2 Å². The predicted octanol–water partition coefficient (Wildman–Crippen LogP) is 3.78. The maximum atomic E-state index is 13.2. The summed E-state index contributed by atoms with van der Waals surface area (Å²) in [5.41, 5.74) is 2.10. The number of aryl methyl sites for hydroxylation is 4. The molecule has 0 aliphatic rings. The Morgan fingerprint density at radius 3 is 2.42 bits per heavy atom. The van der Waals surface area contributed by atoms with E-state index in [0.717, 1.165) is 43.2 Å². The Bertz CT molecular complexity index is 1320. The highest BCUT2D eigenvalue weighted by Gasteiger charge is 2.20. The van der Waals surface area contributed by atoms with E-state index in [-0.39, 0.29) is 18.9 Å². The Hall–Kier alpha value is -3.60. The highest BCUT2D eigenvalue weighted by Crippen LogP contribution is 2.17. The molecular formula is C28H37N5O3. The van der Waals surface area contributed by atoms with Gasteiger partial charge < -0.3 is 9.47 Å². The molecule has 36 heavy (non-hydrogen) atoms. The number of carbonyl (C=O) groups is 1. The van der Waals surface area contributed by atoms with Crippen LogP contribution in [0.25, 0.3) is 11.2 Å². The number of terminal acetylenes is 1. The number of nitrogens with zero attached hydrogens (tertiary/aromatic N) is 4. The molecule has 0 fully saturated rings. The number of aromatic nitrogens is 4. The third-order valence-electron chi connectivity index (χ3n) is 6.38. The Morgan fingerprint density at radius 1 is 1.06 bits per heavy atom. The monoisotopic (exact) mass is 491 g/mol. The number of fused-ring (bicyclic) bond motifs is 1. The van der Waals surface area contributed by atoms with Crippen molar-refractivity contribution >= 4 is 17.1 Å². The van der Waals surface area contributed by atoms with Gasteiger partial charge in [0.1, 0.15) is 5.82 Å². The third-order valence-corrected chi connectivity index (χ3v) is 6.38. The molecule has 2 heterocycles. The smallest absolute Gasteiger partial charge is 0.327 e. The maximum absolute atomic E-state index is 13.2. The van der Waals surface area contributed by atoms with Gasteiger partial charge in [-0.3, -0.25) is 19.1 Å². The minimum atomic E-state index is -0.444. The van der Waals surface area contributed by atoms with Crippen LogP contribution in [0.15, 0.2) is 33.9 Å². The average Bonchev–Trinajstić information content (AvgIpc) is 3.22. The summed E-state index contributed by atoms with van der Waals surface area (Å²) < 4.78 is 3.44. The van der Waals surface area contributed by atoms with Crippen LogP contribution >= 0.6 is 0 Å². The normalized spacial score (nSPS) is 11.1. The lowest BCUT2D eigenvalue weighted by molar-refractivity contribution is -0.131. The summed E-state index contributed by atoms with van der Waals surface area (Å²) in [4.78, 5) is 47.4. The molecule has 0 atom stereocenters. The molecule has 0 aliphatic carbocycles. The number of carbonyl (C=O) groups excluding carboxylic acids is 1. The van der Waals surface area contributed by atoms with Gasteiger partial charge in [0, 0.05) is 32.5 Å². The Labute approximate surface area is 212 Å². The number of nitrogens with one attached hydrogen (secondary N) is 1. The van der Waals surface area contributed by atoms with Gasteiger partial charge in [0.2, 0.25) is 5.91 Å². The number of aromatic amines is 1. The lowest BCUT2D eigenvalue weighted by atomic mass is 10.1. The minimum Gasteiger partial charge on any atom is -0.327 e. The summed E-state index contributed by atoms with van der Waals surface area (Å²) in [6.45, 7) is 7.94. The standard InChI is InChI=1S/C28H37N5O3/c1-5-8-10-19-32-23(29-26-25(32)27(35)30-28(36)33(26)18-9-6-2)15-16-24(34)31(17-7-3)20-22-13-11-21(4)12-14-22/h3,11-14H,5-6,8-10,15-20H2,1-2,4H3,(H,30,35,36). The van der Waals surface area contributed by atoms with Crippen LogP contribution < -0.4 is 11.2 Å². The minimum absolute atomic E-state index is 0.0713. The quantitative estimate of drug-likeness (QED) is 0.291. The van der Waals surface area contributed by atoms with Crippen molar-refractivity contribution in [1.82, 2.24) is 24.0 Å². The second kappa shape index (κ2) is 12.9. The molecule has 192 valence electrons. The van der Waals surface area contributed by atoms with Crippen molar-refractivity contribution in [1.29, 1.82) is 0 Å². The zero-order valence-electron chi connectivity index (χ0n) is 21.7. The molecule has 1 N–H and O–H groups in total. The van der Waals surface area contributed by atoms with E-state index in [1.807, 2.05) is 42.7 Å². The number of hydrogen-bond donors (Lipinski definition) is 1. The molecular weight excluding hydrogens is 454 g/mol. The fourth-order valence-corrected chi connectivity index (χ4v) is 4.33. The van der Waals surface area contributed by atoms with Gasteiger partial charge in [0.25, 0.3) is 5.56 Å². The Kier molecular flexibility index (Phi) is 9.69. The van der Waals surface area contributed by atoms with Crippen LogP contribution in [0.2, 0.25) is 0 Å². The van der Waals surface area contributed by atoms with E-state index >= 15 is 0 Å². The fourth-order valence-electron chi connectivity index (χ4n) is 4.33. The van der Waals surface area contributed by atoms with Crippen molar-refractivity contribution in [2.45, 2.75) is 85.4 Å². The molecule has 0 spiro atoms. The molecule has 3 rings (SSSR count). The number of amides is 1. The van der Waals surface area contributed by atoms with Crippen LogP contribution in [0.4, 0.5) is 0 Å². The van der Waals surface area contributed by atoms with E-state index in [1.54, 1.807) is 9.47 Å². The first-order valence-corrected chi connectivity index (χ1v) is 12.9. The van der Waals surface area contributed by atoms with Crippen molar-refractivity contribution in [2.75, 3.05) is 6.54 Å². The number of unbranched alkanes of at least 4 members (excludes halogenated alkanes) is 3. The van der Waals surface area contributed by atoms with Crippen LogP contribution in [0.5, 0.6) is 0 Å².